The van der Waals surface area contributed by atoms with E-state index in [1.54, 1.807) is 0 Å². The third-order valence-electron chi connectivity index (χ3n) is 5.37. The first-order valence-corrected chi connectivity index (χ1v) is 11.0. The Hall–Kier alpha value is -2.94. The average Bonchev–Trinajstić information content (AvgIpc) is 2.79. The zero-order chi connectivity index (χ0) is 21.2. The van der Waals surface area contributed by atoms with Gasteiger partial charge in [-0.25, -0.2) is 0 Å². The second-order valence-corrected chi connectivity index (χ2v) is 7.84. The molecule has 0 heterocycles. The molecule has 0 amide bonds. The minimum atomic E-state index is 0.632. The van der Waals surface area contributed by atoms with Crippen LogP contribution in [0.3, 0.4) is 0 Å². The predicted molar refractivity (Wildman–Crippen MR) is 126 cm³/mol. The molecule has 3 aromatic carbocycles. The molecule has 0 aliphatic rings. The Labute approximate surface area is 180 Å². The van der Waals surface area contributed by atoms with Gasteiger partial charge in [0.15, 0.2) is 0 Å². The van der Waals surface area contributed by atoms with E-state index in [1.165, 1.54) is 36.0 Å². The van der Waals surface area contributed by atoms with Crippen LogP contribution in [0.15, 0.2) is 83.0 Å². The Balaban J connectivity index is 1.56. The lowest BCUT2D eigenvalue weighted by Crippen LogP contribution is -2.11. The van der Waals surface area contributed by atoms with Crippen LogP contribution in [-0.2, 0) is 0 Å². The largest absolute Gasteiger partial charge is 0.493 e. The number of nitrogens with zero attached hydrogens (tertiary/aromatic N) is 2. The predicted octanol–water partition coefficient (Wildman–Crippen LogP) is 8.67. The standard InChI is InChI=1S/C27H32N2O/c1-4-6-9-22(5-2)20-30-27-17-15-26(16-18-27)29-28-25-13-11-23(12-14-25)24-10-7-8-21(3)19-24/h7-8,10-19,22H,4-6,9,20H2,1-3H3/b29-28+. The van der Waals surface area contributed by atoms with Crippen LogP contribution in [0.2, 0.25) is 0 Å². The highest BCUT2D eigenvalue weighted by Gasteiger charge is 2.07. The van der Waals surface area contributed by atoms with Crippen LogP contribution in [-0.4, -0.2) is 6.61 Å². The van der Waals surface area contributed by atoms with Gasteiger partial charge in [0, 0.05) is 0 Å². The Morgan fingerprint density at radius 1 is 0.800 bits per heavy atom. The van der Waals surface area contributed by atoms with Crippen LogP contribution in [0.25, 0.3) is 11.1 Å². The van der Waals surface area contributed by atoms with Crippen LogP contribution >= 0.6 is 0 Å². The maximum absolute atomic E-state index is 5.97. The van der Waals surface area contributed by atoms with Crippen molar-refractivity contribution in [3.05, 3.63) is 78.4 Å². The van der Waals surface area contributed by atoms with E-state index in [0.29, 0.717) is 5.92 Å². The fraction of sp³-hybridized carbons (Fsp3) is 0.333. The van der Waals surface area contributed by atoms with Gasteiger partial charge in [0.1, 0.15) is 5.75 Å². The molecule has 0 aliphatic carbocycles. The minimum Gasteiger partial charge on any atom is -0.493 e. The van der Waals surface area contributed by atoms with E-state index in [0.717, 1.165) is 30.2 Å². The molecule has 0 saturated heterocycles. The van der Waals surface area contributed by atoms with Gasteiger partial charge >= 0.3 is 0 Å². The van der Waals surface area contributed by atoms with E-state index in [-0.39, 0.29) is 0 Å². The second kappa shape index (κ2) is 11.3. The van der Waals surface area contributed by atoms with Gasteiger partial charge in [-0.2, -0.15) is 10.2 Å². The first-order valence-electron chi connectivity index (χ1n) is 11.0. The summed E-state index contributed by atoms with van der Waals surface area (Å²) in [6.45, 7) is 7.36. The normalized spacial score (nSPS) is 12.2. The van der Waals surface area contributed by atoms with Crippen molar-refractivity contribution in [3.63, 3.8) is 0 Å². The summed E-state index contributed by atoms with van der Waals surface area (Å²) in [7, 11) is 0. The van der Waals surface area contributed by atoms with Crippen LogP contribution in [0.5, 0.6) is 5.75 Å². The smallest absolute Gasteiger partial charge is 0.119 e. The Morgan fingerprint density at radius 2 is 1.47 bits per heavy atom. The SMILES string of the molecule is CCCCC(CC)COc1ccc(/N=N/c2ccc(-c3cccc(C)c3)cc2)cc1. The number of rotatable bonds is 10. The number of aryl methyl sites for hydroxylation is 1. The summed E-state index contributed by atoms with van der Waals surface area (Å²) >= 11 is 0. The maximum Gasteiger partial charge on any atom is 0.119 e. The third-order valence-corrected chi connectivity index (χ3v) is 5.37. The monoisotopic (exact) mass is 400 g/mol. The quantitative estimate of drug-likeness (QED) is 0.313. The number of ether oxygens (including phenoxy) is 1. The molecular formula is C27H32N2O. The summed E-state index contributed by atoms with van der Waals surface area (Å²) in [6.07, 6.45) is 4.91. The number of hydrogen-bond donors (Lipinski definition) is 0. The summed E-state index contributed by atoms with van der Waals surface area (Å²) in [4.78, 5) is 0. The first kappa shape index (κ1) is 21.8. The summed E-state index contributed by atoms with van der Waals surface area (Å²) in [5.41, 5.74) is 5.32. The highest BCUT2D eigenvalue weighted by molar-refractivity contribution is 5.65. The zero-order valence-electron chi connectivity index (χ0n) is 18.3. The van der Waals surface area contributed by atoms with E-state index in [1.807, 2.05) is 36.4 Å². The molecule has 0 spiro atoms. The van der Waals surface area contributed by atoms with Gasteiger partial charge in [-0.3, -0.25) is 0 Å². The van der Waals surface area contributed by atoms with Gasteiger partial charge in [-0.15, -0.1) is 0 Å². The van der Waals surface area contributed by atoms with Crippen molar-refractivity contribution in [3.8, 4) is 16.9 Å². The average molecular weight is 401 g/mol. The Bertz CT molecular complexity index is 930. The summed E-state index contributed by atoms with van der Waals surface area (Å²) in [5.74, 6) is 1.53. The van der Waals surface area contributed by atoms with Crippen LogP contribution < -0.4 is 4.74 Å². The van der Waals surface area contributed by atoms with Gasteiger partial charge < -0.3 is 4.74 Å². The highest BCUT2D eigenvalue weighted by atomic mass is 16.5. The number of hydrogen-bond acceptors (Lipinski definition) is 3. The van der Waals surface area contributed by atoms with Gasteiger partial charge in [-0.05, 0) is 66.8 Å². The molecule has 1 atom stereocenters. The summed E-state index contributed by atoms with van der Waals surface area (Å²) in [5, 5.41) is 8.72. The molecule has 0 aliphatic heterocycles. The van der Waals surface area contributed by atoms with Gasteiger partial charge in [-0.1, -0.05) is 75.1 Å². The van der Waals surface area contributed by atoms with Crippen molar-refractivity contribution >= 4 is 11.4 Å². The molecule has 30 heavy (non-hydrogen) atoms. The molecule has 3 heteroatoms. The van der Waals surface area contributed by atoms with E-state index in [2.05, 4.69) is 67.4 Å². The lowest BCUT2D eigenvalue weighted by molar-refractivity contribution is 0.233. The highest BCUT2D eigenvalue weighted by Crippen LogP contribution is 2.26. The molecule has 3 nitrogen and oxygen atoms in total. The van der Waals surface area contributed by atoms with E-state index < -0.39 is 0 Å². The van der Waals surface area contributed by atoms with Gasteiger partial charge in [0.05, 0.1) is 18.0 Å². The summed E-state index contributed by atoms with van der Waals surface area (Å²) in [6, 6.07) is 24.5. The fourth-order valence-corrected chi connectivity index (χ4v) is 3.38. The van der Waals surface area contributed by atoms with Gasteiger partial charge in [0.25, 0.3) is 0 Å². The van der Waals surface area contributed by atoms with Crippen molar-refractivity contribution < 1.29 is 4.74 Å². The number of azo groups is 1. The fourth-order valence-electron chi connectivity index (χ4n) is 3.38. The van der Waals surface area contributed by atoms with E-state index >= 15 is 0 Å². The summed E-state index contributed by atoms with van der Waals surface area (Å²) < 4.78 is 5.97. The van der Waals surface area contributed by atoms with Crippen molar-refractivity contribution in [2.24, 2.45) is 16.1 Å². The lowest BCUT2D eigenvalue weighted by Gasteiger charge is -2.15. The molecule has 0 N–H and O–H groups in total. The Kier molecular flexibility index (Phi) is 8.20. The van der Waals surface area contributed by atoms with Crippen molar-refractivity contribution in [2.45, 2.75) is 46.5 Å². The van der Waals surface area contributed by atoms with E-state index in [4.69, 9.17) is 4.74 Å². The van der Waals surface area contributed by atoms with Crippen LogP contribution in [0.1, 0.15) is 45.1 Å². The topological polar surface area (TPSA) is 34.0 Å². The molecule has 3 aromatic rings. The molecule has 1 unspecified atom stereocenters. The van der Waals surface area contributed by atoms with Crippen LogP contribution in [0.4, 0.5) is 11.4 Å². The Morgan fingerprint density at radius 3 is 2.07 bits per heavy atom. The van der Waals surface area contributed by atoms with E-state index in [9.17, 15) is 0 Å². The van der Waals surface area contributed by atoms with Crippen molar-refractivity contribution in [1.82, 2.24) is 0 Å². The van der Waals surface area contributed by atoms with Crippen molar-refractivity contribution in [1.29, 1.82) is 0 Å². The zero-order valence-corrected chi connectivity index (χ0v) is 18.3. The van der Waals surface area contributed by atoms with Crippen LogP contribution in [0, 0.1) is 12.8 Å². The minimum absolute atomic E-state index is 0.632. The molecule has 0 radical (unpaired) electrons. The third kappa shape index (κ3) is 6.55. The van der Waals surface area contributed by atoms with Gasteiger partial charge in [0.2, 0.25) is 0 Å². The molecule has 0 aromatic heterocycles. The number of benzene rings is 3. The molecular weight excluding hydrogens is 368 g/mol. The molecule has 0 bridgehead atoms. The molecule has 0 saturated carbocycles. The molecule has 156 valence electrons. The molecule has 0 fully saturated rings. The first-order chi connectivity index (χ1) is 14.7. The molecule has 3 rings (SSSR count). The maximum atomic E-state index is 5.97. The van der Waals surface area contributed by atoms with Crippen molar-refractivity contribution in [2.75, 3.05) is 6.61 Å². The second-order valence-electron chi connectivity index (χ2n) is 7.84. The number of unbranched alkanes of at least 4 members (excludes halogenated alkanes) is 1. The lowest BCUT2D eigenvalue weighted by atomic mass is 10.0.